The number of hydrogen-bond donors (Lipinski definition) is 0. The van der Waals surface area contributed by atoms with Gasteiger partial charge in [0.25, 0.3) is 0 Å². The lowest BCUT2D eigenvalue weighted by atomic mass is 9.96. The molecule has 2 rings (SSSR count). The van der Waals surface area contributed by atoms with Gasteiger partial charge in [0.15, 0.2) is 5.78 Å². The molecule has 0 aromatic heterocycles. The van der Waals surface area contributed by atoms with Crippen LogP contribution in [0.15, 0.2) is 29.2 Å². The van der Waals surface area contributed by atoms with Gasteiger partial charge in [-0.15, -0.1) is 0 Å². The number of hydrogen-bond acceptors (Lipinski definition) is 5. The number of carbonyl (C=O) groups is 2. The van der Waals surface area contributed by atoms with E-state index in [9.17, 15) is 18.0 Å². The van der Waals surface area contributed by atoms with E-state index in [1.807, 2.05) is 0 Å². The molecule has 27 heavy (non-hydrogen) atoms. The van der Waals surface area contributed by atoms with Gasteiger partial charge in [0.1, 0.15) is 0 Å². The fraction of sp³-hybridized carbons (Fsp3) is 0.579. The standard InChI is InChI=1S/C19H28N2O5S/c1-15(22)16-5-7-18(8-6-16)27(24,25)21-12-9-17(10-13-21)19(23)20(2)11-4-14-26-3/h5-8,17H,4,9-14H2,1-3H3. The zero-order valence-electron chi connectivity index (χ0n) is 16.2. The molecule has 0 bridgehead atoms. The van der Waals surface area contributed by atoms with Crippen LogP contribution in [0.4, 0.5) is 0 Å². The van der Waals surface area contributed by atoms with Crippen molar-refractivity contribution in [3.05, 3.63) is 29.8 Å². The largest absolute Gasteiger partial charge is 0.385 e. The Labute approximate surface area is 161 Å². The second-order valence-electron chi connectivity index (χ2n) is 6.87. The van der Waals surface area contributed by atoms with Gasteiger partial charge in [-0.3, -0.25) is 9.59 Å². The molecular weight excluding hydrogens is 368 g/mol. The van der Waals surface area contributed by atoms with Crippen molar-refractivity contribution in [1.82, 2.24) is 9.21 Å². The molecule has 0 aliphatic carbocycles. The Bertz CT molecular complexity index is 753. The number of rotatable bonds is 8. The molecule has 1 aromatic rings. The van der Waals surface area contributed by atoms with Gasteiger partial charge < -0.3 is 9.64 Å². The van der Waals surface area contributed by atoms with Crippen LogP contribution in [0.3, 0.4) is 0 Å². The Balaban J connectivity index is 1.95. The van der Waals surface area contributed by atoms with Gasteiger partial charge >= 0.3 is 0 Å². The summed E-state index contributed by atoms with van der Waals surface area (Å²) in [5, 5.41) is 0. The highest BCUT2D eigenvalue weighted by Gasteiger charge is 2.33. The minimum absolute atomic E-state index is 0.0639. The van der Waals surface area contributed by atoms with E-state index in [0.29, 0.717) is 44.6 Å². The van der Waals surface area contributed by atoms with Crippen molar-refractivity contribution in [3.8, 4) is 0 Å². The van der Waals surface area contributed by atoms with Crippen molar-refractivity contribution in [3.63, 3.8) is 0 Å². The minimum Gasteiger partial charge on any atom is -0.385 e. The number of nitrogens with zero attached hydrogens (tertiary/aromatic N) is 2. The Hall–Kier alpha value is -1.77. The highest BCUT2D eigenvalue weighted by atomic mass is 32.2. The van der Waals surface area contributed by atoms with Crippen molar-refractivity contribution < 1.29 is 22.7 Å². The SMILES string of the molecule is COCCCN(C)C(=O)C1CCN(S(=O)(=O)c2ccc(C(C)=O)cc2)CC1. The fourth-order valence-electron chi connectivity index (χ4n) is 3.22. The molecule has 1 heterocycles. The summed E-state index contributed by atoms with van der Waals surface area (Å²) in [5.41, 5.74) is 0.481. The summed E-state index contributed by atoms with van der Waals surface area (Å²) in [6.45, 7) is 3.32. The van der Waals surface area contributed by atoms with Crippen LogP contribution < -0.4 is 0 Å². The second kappa shape index (κ2) is 9.43. The fourth-order valence-corrected chi connectivity index (χ4v) is 4.69. The molecule has 8 heteroatoms. The molecule has 1 fully saturated rings. The topological polar surface area (TPSA) is 84.0 Å². The summed E-state index contributed by atoms with van der Waals surface area (Å²) in [6.07, 6.45) is 1.80. The maximum atomic E-state index is 12.8. The molecule has 0 unspecified atom stereocenters. The molecule has 0 spiro atoms. The lowest BCUT2D eigenvalue weighted by Gasteiger charge is -2.32. The minimum atomic E-state index is -3.61. The summed E-state index contributed by atoms with van der Waals surface area (Å²) in [6, 6.07) is 5.99. The molecule has 150 valence electrons. The van der Waals surface area contributed by atoms with Gasteiger partial charge in [0.05, 0.1) is 4.90 Å². The van der Waals surface area contributed by atoms with Crippen LogP contribution in [0.1, 0.15) is 36.5 Å². The lowest BCUT2D eigenvalue weighted by molar-refractivity contribution is -0.135. The van der Waals surface area contributed by atoms with Gasteiger partial charge in [-0.1, -0.05) is 12.1 Å². The number of benzene rings is 1. The molecule has 0 radical (unpaired) electrons. The Kier molecular flexibility index (Phi) is 7.52. The lowest BCUT2D eigenvalue weighted by Crippen LogP contribution is -2.43. The molecule has 1 saturated heterocycles. The monoisotopic (exact) mass is 396 g/mol. The van der Waals surface area contributed by atoms with Gasteiger partial charge in [-0.05, 0) is 38.3 Å². The Morgan fingerprint density at radius 3 is 2.30 bits per heavy atom. The number of carbonyl (C=O) groups excluding carboxylic acids is 2. The maximum absolute atomic E-state index is 12.8. The first kappa shape index (κ1) is 21.5. The quantitative estimate of drug-likeness (QED) is 0.494. The molecule has 1 aromatic carbocycles. The first-order chi connectivity index (χ1) is 12.8. The summed E-state index contributed by atoms with van der Waals surface area (Å²) in [7, 11) is -0.205. The summed E-state index contributed by atoms with van der Waals surface area (Å²) < 4.78 is 32.0. The summed E-state index contributed by atoms with van der Waals surface area (Å²) in [5.74, 6) is -0.189. The number of sulfonamides is 1. The van der Waals surface area contributed by atoms with Gasteiger partial charge in [0, 0.05) is 51.9 Å². The van der Waals surface area contributed by atoms with Crippen molar-refractivity contribution in [2.45, 2.75) is 31.1 Å². The van der Waals surface area contributed by atoms with E-state index in [0.717, 1.165) is 6.42 Å². The van der Waals surface area contributed by atoms with Crippen molar-refractivity contribution in [2.75, 3.05) is 40.4 Å². The van der Waals surface area contributed by atoms with E-state index in [-0.39, 0.29) is 22.5 Å². The van der Waals surface area contributed by atoms with Crippen LogP contribution in [-0.4, -0.2) is 69.7 Å². The number of piperidine rings is 1. The normalized spacial score (nSPS) is 16.3. The zero-order valence-corrected chi connectivity index (χ0v) is 17.0. The second-order valence-corrected chi connectivity index (χ2v) is 8.80. The molecule has 1 aliphatic rings. The van der Waals surface area contributed by atoms with Gasteiger partial charge in [-0.2, -0.15) is 4.31 Å². The molecule has 1 amide bonds. The number of Topliss-reactive ketones (excluding diaryl/α,β-unsaturated/α-hetero) is 1. The van der Waals surface area contributed by atoms with Crippen LogP contribution in [0.2, 0.25) is 0 Å². The predicted molar refractivity (Wildman–Crippen MR) is 102 cm³/mol. The van der Waals surface area contributed by atoms with E-state index < -0.39 is 10.0 Å². The molecule has 7 nitrogen and oxygen atoms in total. The van der Waals surface area contributed by atoms with Crippen LogP contribution in [-0.2, 0) is 19.6 Å². The van der Waals surface area contributed by atoms with E-state index in [4.69, 9.17) is 4.74 Å². The summed E-state index contributed by atoms with van der Waals surface area (Å²) in [4.78, 5) is 25.7. The average Bonchev–Trinajstić information content (AvgIpc) is 2.67. The maximum Gasteiger partial charge on any atom is 0.243 e. The third-order valence-electron chi connectivity index (χ3n) is 4.92. The average molecular weight is 397 g/mol. The van der Waals surface area contributed by atoms with Crippen LogP contribution in [0.25, 0.3) is 0 Å². The number of ether oxygens (including phenoxy) is 1. The van der Waals surface area contributed by atoms with Crippen LogP contribution >= 0.6 is 0 Å². The Morgan fingerprint density at radius 1 is 1.19 bits per heavy atom. The van der Waals surface area contributed by atoms with Crippen molar-refractivity contribution in [1.29, 1.82) is 0 Å². The van der Waals surface area contributed by atoms with E-state index in [1.54, 1.807) is 19.1 Å². The number of methoxy groups -OCH3 is 1. The predicted octanol–water partition coefficient (Wildman–Crippen LogP) is 1.78. The third kappa shape index (κ3) is 5.37. The smallest absolute Gasteiger partial charge is 0.243 e. The van der Waals surface area contributed by atoms with E-state index in [2.05, 4.69) is 0 Å². The Morgan fingerprint density at radius 2 is 1.78 bits per heavy atom. The number of ketones is 1. The molecule has 0 atom stereocenters. The molecule has 0 saturated carbocycles. The highest BCUT2D eigenvalue weighted by molar-refractivity contribution is 7.89. The molecule has 0 N–H and O–H groups in total. The first-order valence-electron chi connectivity index (χ1n) is 9.12. The molecular formula is C19H28N2O5S. The third-order valence-corrected chi connectivity index (χ3v) is 6.83. The van der Waals surface area contributed by atoms with Crippen molar-refractivity contribution >= 4 is 21.7 Å². The first-order valence-corrected chi connectivity index (χ1v) is 10.6. The van der Waals surface area contributed by atoms with Crippen LogP contribution in [0.5, 0.6) is 0 Å². The highest BCUT2D eigenvalue weighted by Crippen LogP contribution is 2.25. The van der Waals surface area contributed by atoms with E-state index in [1.165, 1.54) is 35.5 Å². The zero-order chi connectivity index (χ0) is 20.0. The van der Waals surface area contributed by atoms with E-state index >= 15 is 0 Å². The van der Waals surface area contributed by atoms with Gasteiger partial charge in [0.2, 0.25) is 15.9 Å². The van der Waals surface area contributed by atoms with Gasteiger partial charge in [-0.25, -0.2) is 8.42 Å². The summed E-state index contributed by atoms with van der Waals surface area (Å²) >= 11 is 0. The van der Waals surface area contributed by atoms with Crippen LogP contribution in [0, 0.1) is 5.92 Å². The molecule has 1 aliphatic heterocycles. The number of amides is 1. The van der Waals surface area contributed by atoms with Crippen molar-refractivity contribution in [2.24, 2.45) is 5.92 Å².